The molecule has 0 bridgehead atoms. The molecule has 8 nitrogen and oxygen atoms in total. The number of hydrogen-bond donors (Lipinski definition) is 1. The van der Waals surface area contributed by atoms with Crippen LogP contribution in [0.2, 0.25) is 0 Å². The number of carbonyl (C=O) groups is 1. The maximum absolute atomic E-state index is 12.4. The minimum absolute atomic E-state index is 0.0615. The Morgan fingerprint density at radius 2 is 2.15 bits per heavy atom. The van der Waals surface area contributed by atoms with Crippen molar-refractivity contribution in [1.29, 1.82) is 0 Å². The predicted octanol–water partition coefficient (Wildman–Crippen LogP) is 1.53. The quantitative estimate of drug-likeness (QED) is 0.770. The largest absolute Gasteiger partial charge is 0.354 e. The van der Waals surface area contributed by atoms with Gasteiger partial charge in [0.1, 0.15) is 17.8 Å². The number of carbonyl (C=O) groups excluding carboxylic acids is 1. The van der Waals surface area contributed by atoms with E-state index in [0.717, 1.165) is 48.8 Å². The monoisotopic (exact) mass is 351 g/mol. The Hall–Kier alpha value is -3.03. The van der Waals surface area contributed by atoms with Crippen LogP contribution in [-0.4, -0.2) is 49.6 Å². The van der Waals surface area contributed by atoms with Crippen molar-refractivity contribution in [2.75, 3.05) is 18.0 Å². The van der Waals surface area contributed by atoms with Gasteiger partial charge in [0.05, 0.1) is 5.69 Å². The standard InChI is InChI=1S/C18H21N7O/c1-12-9-17(25-16(21-12)8-13(2)23-25)24-7-3-4-14(10-24)22-18(26)15-5-6-19-11-20-15/h5-6,8-9,11,14H,3-4,7,10H2,1-2H3,(H,22,26). The number of anilines is 1. The van der Waals surface area contributed by atoms with Crippen molar-refractivity contribution in [3.8, 4) is 0 Å². The Kier molecular flexibility index (Phi) is 4.24. The molecule has 134 valence electrons. The first kappa shape index (κ1) is 16.4. The molecule has 3 aromatic rings. The van der Waals surface area contributed by atoms with Crippen LogP contribution >= 0.6 is 0 Å². The molecular weight excluding hydrogens is 330 g/mol. The van der Waals surface area contributed by atoms with E-state index in [0.29, 0.717) is 5.69 Å². The van der Waals surface area contributed by atoms with Gasteiger partial charge in [0, 0.05) is 43.2 Å². The number of nitrogens with one attached hydrogen (secondary N) is 1. The van der Waals surface area contributed by atoms with Crippen LogP contribution in [-0.2, 0) is 0 Å². The second-order valence-electron chi connectivity index (χ2n) is 6.66. The molecule has 0 radical (unpaired) electrons. The number of fused-ring (bicyclic) bond motifs is 1. The van der Waals surface area contributed by atoms with E-state index in [9.17, 15) is 4.79 Å². The molecule has 0 aliphatic carbocycles. The number of hydrogen-bond acceptors (Lipinski definition) is 6. The summed E-state index contributed by atoms with van der Waals surface area (Å²) in [5.41, 5.74) is 3.14. The van der Waals surface area contributed by atoms with Crippen molar-refractivity contribution in [3.63, 3.8) is 0 Å². The maximum Gasteiger partial charge on any atom is 0.270 e. The van der Waals surface area contributed by atoms with Gasteiger partial charge in [0.25, 0.3) is 5.91 Å². The van der Waals surface area contributed by atoms with Gasteiger partial charge >= 0.3 is 0 Å². The SMILES string of the molecule is Cc1cc(N2CCCC(NC(=O)c3ccncn3)C2)n2nc(C)cc2n1. The summed E-state index contributed by atoms with van der Waals surface area (Å²) in [6.07, 6.45) is 4.90. The third kappa shape index (κ3) is 3.22. The molecular formula is C18H21N7O. The summed E-state index contributed by atoms with van der Waals surface area (Å²) in [6.45, 7) is 5.62. The van der Waals surface area contributed by atoms with Crippen LogP contribution in [0.15, 0.2) is 30.7 Å². The zero-order valence-electron chi connectivity index (χ0n) is 14.9. The topological polar surface area (TPSA) is 88.3 Å². The van der Waals surface area contributed by atoms with E-state index in [1.54, 1.807) is 12.3 Å². The molecule has 3 aromatic heterocycles. The lowest BCUT2D eigenvalue weighted by atomic mass is 10.1. The second-order valence-corrected chi connectivity index (χ2v) is 6.66. The molecule has 4 rings (SSSR count). The van der Waals surface area contributed by atoms with Gasteiger partial charge < -0.3 is 10.2 Å². The first-order valence-electron chi connectivity index (χ1n) is 8.76. The molecule has 1 N–H and O–H groups in total. The zero-order valence-corrected chi connectivity index (χ0v) is 14.9. The minimum atomic E-state index is -0.162. The van der Waals surface area contributed by atoms with Gasteiger partial charge in [-0.2, -0.15) is 9.61 Å². The van der Waals surface area contributed by atoms with Crippen molar-refractivity contribution in [1.82, 2.24) is 29.9 Å². The van der Waals surface area contributed by atoms with Crippen molar-refractivity contribution >= 4 is 17.4 Å². The van der Waals surface area contributed by atoms with Gasteiger partial charge in [-0.1, -0.05) is 0 Å². The fourth-order valence-electron chi connectivity index (χ4n) is 3.41. The fourth-order valence-corrected chi connectivity index (χ4v) is 3.41. The summed E-state index contributed by atoms with van der Waals surface area (Å²) < 4.78 is 1.89. The Balaban J connectivity index is 1.55. The number of nitrogens with zero attached hydrogens (tertiary/aromatic N) is 6. The Bertz CT molecular complexity index is 937. The van der Waals surface area contributed by atoms with Gasteiger partial charge in [0.15, 0.2) is 5.65 Å². The first-order valence-corrected chi connectivity index (χ1v) is 8.76. The summed E-state index contributed by atoms with van der Waals surface area (Å²) in [6, 6.07) is 5.72. The third-order valence-electron chi connectivity index (χ3n) is 4.55. The number of piperidine rings is 1. The lowest BCUT2D eigenvalue weighted by Gasteiger charge is -2.34. The lowest BCUT2D eigenvalue weighted by Crippen LogP contribution is -2.48. The molecule has 8 heteroatoms. The van der Waals surface area contributed by atoms with Crippen molar-refractivity contribution in [3.05, 3.63) is 47.8 Å². The maximum atomic E-state index is 12.4. The summed E-state index contributed by atoms with van der Waals surface area (Å²) in [4.78, 5) is 27.1. The number of aryl methyl sites for hydroxylation is 2. The minimum Gasteiger partial charge on any atom is -0.354 e. The van der Waals surface area contributed by atoms with Gasteiger partial charge in [0.2, 0.25) is 0 Å². The Morgan fingerprint density at radius 3 is 2.96 bits per heavy atom. The summed E-state index contributed by atoms with van der Waals surface area (Å²) in [7, 11) is 0. The van der Waals surface area contributed by atoms with Crippen LogP contribution in [0.1, 0.15) is 34.7 Å². The smallest absolute Gasteiger partial charge is 0.270 e. The van der Waals surface area contributed by atoms with Crippen molar-refractivity contribution in [2.24, 2.45) is 0 Å². The van der Waals surface area contributed by atoms with Crippen LogP contribution in [0.25, 0.3) is 5.65 Å². The highest BCUT2D eigenvalue weighted by atomic mass is 16.1. The molecule has 1 aliphatic rings. The Labute approximate surface area is 151 Å². The zero-order chi connectivity index (χ0) is 18.1. The molecule has 1 atom stereocenters. The summed E-state index contributed by atoms with van der Waals surface area (Å²) in [5, 5.41) is 7.66. The second kappa shape index (κ2) is 6.70. The van der Waals surface area contributed by atoms with E-state index in [1.807, 2.05) is 30.5 Å². The van der Waals surface area contributed by atoms with Crippen LogP contribution in [0.5, 0.6) is 0 Å². The predicted molar refractivity (Wildman–Crippen MR) is 97.2 cm³/mol. The first-order chi connectivity index (χ1) is 12.6. The van der Waals surface area contributed by atoms with Gasteiger partial charge in [-0.3, -0.25) is 4.79 Å². The molecule has 4 heterocycles. The van der Waals surface area contributed by atoms with Crippen molar-refractivity contribution in [2.45, 2.75) is 32.7 Å². The van der Waals surface area contributed by atoms with Gasteiger partial charge in [-0.05, 0) is 32.8 Å². The average molecular weight is 351 g/mol. The van der Waals surface area contributed by atoms with E-state index in [4.69, 9.17) is 0 Å². The fraction of sp³-hybridized carbons (Fsp3) is 0.389. The highest BCUT2D eigenvalue weighted by molar-refractivity contribution is 5.92. The van der Waals surface area contributed by atoms with E-state index >= 15 is 0 Å². The summed E-state index contributed by atoms with van der Waals surface area (Å²) in [5.74, 6) is 0.854. The average Bonchev–Trinajstić information content (AvgIpc) is 3.02. The van der Waals surface area contributed by atoms with E-state index in [1.165, 1.54) is 6.33 Å². The van der Waals surface area contributed by atoms with E-state index in [2.05, 4.69) is 30.3 Å². The van der Waals surface area contributed by atoms with Gasteiger partial charge in [-0.25, -0.2) is 15.0 Å². The lowest BCUT2D eigenvalue weighted by molar-refractivity contribution is 0.0928. The molecule has 1 aliphatic heterocycles. The normalized spacial score (nSPS) is 17.5. The molecule has 1 fully saturated rings. The highest BCUT2D eigenvalue weighted by Gasteiger charge is 2.24. The third-order valence-corrected chi connectivity index (χ3v) is 4.55. The van der Waals surface area contributed by atoms with Crippen LogP contribution in [0, 0.1) is 13.8 Å². The van der Waals surface area contributed by atoms with Crippen LogP contribution in [0.3, 0.4) is 0 Å². The van der Waals surface area contributed by atoms with E-state index in [-0.39, 0.29) is 11.9 Å². The van der Waals surface area contributed by atoms with Gasteiger partial charge in [-0.15, -0.1) is 0 Å². The number of rotatable bonds is 3. The molecule has 0 aromatic carbocycles. The van der Waals surface area contributed by atoms with Crippen molar-refractivity contribution < 1.29 is 4.79 Å². The molecule has 1 unspecified atom stereocenters. The molecule has 0 saturated carbocycles. The van der Waals surface area contributed by atoms with Crippen LogP contribution < -0.4 is 10.2 Å². The summed E-state index contributed by atoms with van der Waals surface area (Å²) >= 11 is 0. The molecule has 26 heavy (non-hydrogen) atoms. The molecule has 1 saturated heterocycles. The van der Waals surface area contributed by atoms with E-state index < -0.39 is 0 Å². The molecule has 0 spiro atoms. The Morgan fingerprint density at radius 1 is 1.27 bits per heavy atom. The highest BCUT2D eigenvalue weighted by Crippen LogP contribution is 2.22. The van der Waals surface area contributed by atoms with Crippen LogP contribution in [0.4, 0.5) is 5.82 Å². The molecule has 1 amide bonds. The number of aromatic nitrogens is 5. The number of amides is 1.